The van der Waals surface area contributed by atoms with Gasteiger partial charge in [0.1, 0.15) is 0 Å². The Bertz CT molecular complexity index is 379. The van der Waals surface area contributed by atoms with Crippen LogP contribution in [-0.4, -0.2) is 18.8 Å². The number of hydrogen-bond acceptors (Lipinski definition) is 3. The summed E-state index contributed by atoms with van der Waals surface area (Å²) >= 11 is 1.39. The highest BCUT2D eigenvalue weighted by molar-refractivity contribution is 7.10. The minimum absolute atomic E-state index is 0.145. The molecule has 16 heavy (non-hydrogen) atoms. The van der Waals surface area contributed by atoms with Crippen LogP contribution < -0.4 is 0 Å². The summed E-state index contributed by atoms with van der Waals surface area (Å²) in [6.45, 7) is -0.139. The summed E-state index contributed by atoms with van der Waals surface area (Å²) in [6.07, 6.45) is -3.00. The Morgan fingerprint density at radius 2 is 2.25 bits per heavy atom. The van der Waals surface area contributed by atoms with E-state index >= 15 is 0 Å². The molecular weight excluding hydrogens is 241 g/mol. The topological polar surface area (TPSA) is 26.3 Å². The molecule has 88 valence electrons. The summed E-state index contributed by atoms with van der Waals surface area (Å²) in [5, 5.41) is 1.81. The van der Waals surface area contributed by atoms with Crippen LogP contribution in [0.2, 0.25) is 0 Å². The molecule has 0 spiro atoms. The van der Waals surface area contributed by atoms with Crippen LogP contribution in [0.1, 0.15) is 11.8 Å². The first-order valence-corrected chi connectivity index (χ1v) is 5.22. The fraction of sp³-hybridized carbons (Fsp3) is 0.300. The number of alkyl halides is 3. The molecule has 0 saturated heterocycles. The minimum Gasteiger partial charge on any atom is -0.453 e. The number of hydrogen-bond donors (Lipinski definition) is 0. The Morgan fingerprint density at radius 1 is 1.56 bits per heavy atom. The van der Waals surface area contributed by atoms with Crippen LogP contribution in [0.3, 0.4) is 0 Å². The maximum atomic E-state index is 11.8. The third-order valence-corrected chi connectivity index (χ3v) is 2.41. The summed E-state index contributed by atoms with van der Waals surface area (Å²) in [5.74, 6) is -0.953. The molecule has 2 nitrogen and oxygen atoms in total. The second-order valence-electron chi connectivity index (χ2n) is 3.03. The van der Waals surface area contributed by atoms with Gasteiger partial charge in [0.05, 0.1) is 0 Å². The lowest BCUT2D eigenvalue weighted by molar-refractivity contribution is -0.183. The molecule has 0 saturated carbocycles. The summed E-state index contributed by atoms with van der Waals surface area (Å²) in [6, 6.07) is 3.54. The van der Waals surface area contributed by atoms with Crippen molar-refractivity contribution in [3.63, 3.8) is 0 Å². The molecule has 0 aliphatic carbocycles. The summed E-state index contributed by atoms with van der Waals surface area (Å²) in [7, 11) is 0. The second kappa shape index (κ2) is 5.16. The van der Waals surface area contributed by atoms with E-state index < -0.39 is 18.8 Å². The van der Waals surface area contributed by atoms with Gasteiger partial charge in [-0.15, -0.1) is 11.3 Å². The monoisotopic (exact) mass is 250 g/mol. The fourth-order valence-electron chi connectivity index (χ4n) is 0.907. The first-order chi connectivity index (χ1) is 7.38. The molecule has 1 rings (SSSR count). The minimum atomic E-state index is -4.49. The molecule has 1 heterocycles. The zero-order valence-corrected chi connectivity index (χ0v) is 9.19. The van der Waals surface area contributed by atoms with Gasteiger partial charge in [0.25, 0.3) is 0 Å². The van der Waals surface area contributed by atoms with Crippen molar-refractivity contribution in [3.8, 4) is 0 Å². The molecule has 0 bridgehead atoms. The van der Waals surface area contributed by atoms with Crippen molar-refractivity contribution in [2.45, 2.75) is 13.1 Å². The number of ether oxygens (including phenoxy) is 1. The molecule has 0 radical (unpaired) electrons. The van der Waals surface area contributed by atoms with E-state index in [1.54, 1.807) is 17.5 Å². The molecule has 0 atom stereocenters. The molecular formula is C10H9F3O2S. The van der Waals surface area contributed by atoms with Gasteiger partial charge < -0.3 is 4.74 Å². The van der Waals surface area contributed by atoms with Crippen molar-refractivity contribution >= 4 is 23.4 Å². The molecule has 0 aromatic carbocycles. The molecule has 0 fully saturated rings. The molecule has 0 unspecified atom stereocenters. The predicted octanol–water partition coefficient (Wildman–Crippen LogP) is 3.26. The average molecular weight is 250 g/mol. The Morgan fingerprint density at radius 3 is 2.75 bits per heavy atom. The maximum absolute atomic E-state index is 11.8. The van der Waals surface area contributed by atoms with E-state index in [2.05, 4.69) is 4.74 Å². The van der Waals surface area contributed by atoms with Crippen LogP contribution in [-0.2, 0) is 9.53 Å². The van der Waals surface area contributed by atoms with Gasteiger partial charge in [-0.3, -0.25) is 0 Å². The van der Waals surface area contributed by atoms with Crippen LogP contribution in [0.25, 0.3) is 6.08 Å². The molecule has 0 aliphatic heterocycles. The highest BCUT2D eigenvalue weighted by Crippen LogP contribution is 2.17. The van der Waals surface area contributed by atoms with Crippen molar-refractivity contribution in [1.82, 2.24) is 0 Å². The number of esters is 1. The molecule has 6 heteroatoms. The number of carbonyl (C=O) groups excluding carboxylic acids is 1. The van der Waals surface area contributed by atoms with E-state index in [0.29, 0.717) is 0 Å². The van der Waals surface area contributed by atoms with Crippen molar-refractivity contribution in [1.29, 1.82) is 0 Å². The average Bonchev–Trinajstić information content (AvgIpc) is 2.65. The highest BCUT2D eigenvalue weighted by Gasteiger charge is 2.29. The lowest BCUT2D eigenvalue weighted by Gasteiger charge is -2.07. The highest BCUT2D eigenvalue weighted by atomic mass is 32.1. The van der Waals surface area contributed by atoms with Crippen LogP contribution >= 0.6 is 11.3 Å². The normalized spacial score (nSPS) is 12.6. The van der Waals surface area contributed by atoms with Crippen molar-refractivity contribution < 1.29 is 22.7 Å². The smallest absolute Gasteiger partial charge is 0.422 e. The number of halogens is 3. The number of carbonyl (C=O) groups is 1. The van der Waals surface area contributed by atoms with Crippen molar-refractivity contribution in [2.75, 3.05) is 6.61 Å². The number of rotatable bonds is 3. The number of thiophene rings is 1. The summed E-state index contributed by atoms with van der Waals surface area (Å²) in [4.78, 5) is 11.9. The van der Waals surface area contributed by atoms with Crippen LogP contribution in [0.4, 0.5) is 13.2 Å². The third kappa shape index (κ3) is 4.48. The van der Waals surface area contributed by atoms with Crippen molar-refractivity contribution in [2.24, 2.45) is 0 Å². The lowest BCUT2D eigenvalue weighted by atomic mass is 10.2. The van der Waals surface area contributed by atoms with Crippen LogP contribution in [0, 0.1) is 0 Å². The van der Waals surface area contributed by atoms with Gasteiger partial charge in [-0.25, -0.2) is 4.79 Å². The van der Waals surface area contributed by atoms with Gasteiger partial charge >= 0.3 is 12.1 Å². The Balaban J connectivity index is 2.55. The van der Waals surface area contributed by atoms with Gasteiger partial charge in [0.2, 0.25) is 0 Å². The van der Waals surface area contributed by atoms with Gasteiger partial charge in [-0.2, -0.15) is 13.2 Å². The van der Waals surface area contributed by atoms with Gasteiger partial charge in [0, 0.05) is 10.5 Å². The molecule has 0 amide bonds. The SMILES string of the molecule is CC(=Cc1cccs1)C(=O)OCC(F)(F)F. The van der Waals surface area contributed by atoms with Gasteiger partial charge in [-0.05, 0) is 24.4 Å². The standard InChI is InChI=1S/C10H9F3O2S/c1-7(5-8-3-2-4-16-8)9(14)15-6-10(11,12)13/h2-5H,6H2,1H3. The first kappa shape index (κ1) is 12.8. The van der Waals surface area contributed by atoms with Crippen LogP contribution in [0.15, 0.2) is 23.1 Å². The Labute approximate surface area is 94.3 Å². The zero-order chi connectivity index (χ0) is 12.2. The van der Waals surface area contributed by atoms with E-state index in [9.17, 15) is 18.0 Å². The van der Waals surface area contributed by atoms with Crippen molar-refractivity contribution in [3.05, 3.63) is 28.0 Å². The van der Waals surface area contributed by atoms with E-state index in [1.165, 1.54) is 24.3 Å². The molecule has 0 aliphatic rings. The quantitative estimate of drug-likeness (QED) is 0.608. The third-order valence-electron chi connectivity index (χ3n) is 1.59. The van der Waals surface area contributed by atoms with E-state index in [0.717, 1.165) is 4.88 Å². The lowest BCUT2D eigenvalue weighted by Crippen LogP contribution is -2.20. The van der Waals surface area contributed by atoms with E-state index in [1.807, 2.05) is 0 Å². The van der Waals surface area contributed by atoms with E-state index in [-0.39, 0.29) is 5.57 Å². The first-order valence-electron chi connectivity index (χ1n) is 4.34. The Hall–Kier alpha value is -1.30. The van der Waals surface area contributed by atoms with Gasteiger partial charge in [-0.1, -0.05) is 6.07 Å². The second-order valence-corrected chi connectivity index (χ2v) is 4.01. The molecule has 1 aromatic rings. The van der Waals surface area contributed by atoms with Gasteiger partial charge in [0.15, 0.2) is 6.61 Å². The fourth-order valence-corrected chi connectivity index (χ4v) is 1.62. The summed E-state index contributed by atoms with van der Waals surface area (Å²) < 4.78 is 39.4. The molecule has 0 N–H and O–H groups in total. The Kier molecular flexibility index (Phi) is 4.12. The predicted molar refractivity (Wildman–Crippen MR) is 55.0 cm³/mol. The summed E-state index contributed by atoms with van der Waals surface area (Å²) in [5.41, 5.74) is 0.145. The van der Waals surface area contributed by atoms with Crippen LogP contribution in [0.5, 0.6) is 0 Å². The van der Waals surface area contributed by atoms with E-state index in [4.69, 9.17) is 0 Å². The largest absolute Gasteiger partial charge is 0.453 e. The molecule has 1 aromatic heterocycles. The zero-order valence-electron chi connectivity index (χ0n) is 8.38. The maximum Gasteiger partial charge on any atom is 0.422 e.